The molecule has 2 heterocycles. The number of H-pyrrole nitrogens is 1. The molecule has 0 aliphatic heterocycles. The highest BCUT2D eigenvalue weighted by Gasteiger charge is 2.00. The summed E-state index contributed by atoms with van der Waals surface area (Å²) in [6.07, 6.45) is 3.17. The molecule has 4 nitrogen and oxygen atoms in total. The van der Waals surface area contributed by atoms with Crippen LogP contribution in [0.3, 0.4) is 0 Å². The van der Waals surface area contributed by atoms with Crippen LogP contribution in [0, 0.1) is 0 Å². The number of rotatable bonds is 3. The molecule has 0 fully saturated rings. The quantitative estimate of drug-likeness (QED) is 0.792. The molecule has 0 spiro atoms. The summed E-state index contributed by atoms with van der Waals surface area (Å²) < 4.78 is 5.20. The van der Waals surface area contributed by atoms with Crippen LogP contribution in [0.15, 0.2) is 39.7 Å². The molecule has 78 valence electrons. The SMILES string of the molecule is Nc1cc(CCc2ccco2)cc(=O)[nH]1. The highest BCUT2D eigenvalue weighted by molar-refractivity contribution is 5.32. The lowest BCUT2D eigenvalue weighted by atomic mass is 10.1. The Bertz CT molecular complexity index is 486. The molecule has 0 aliphatic carbocycles. The van der Waals surface area contributed by atoms with E-state index in [0.29, 0.717) is 5.82 Å². The van der Waals surface area contributed by atoms with Crippen LogP contribution in [-0.4, -0.2) is 4.98 Å². The van der Waals surface area contributed by atoms with Crippen LogP contribution in [0.4, 0.5) is 5.82 Å². The highest BCUT2D eigenvalue weighted by atomic mass is 16.3. The molecule has 0 unspecified atom stereocenters. The van der Waals surface area contributed by atoms with Crippen molar-refractivity contribution in [1.82, 2.24) is 4.98 Å². The fraction of sp³-hybridized carbons (Fsp3) is 0.182. The van der Waals surface area contributed by atoms with Crippen molar-refractivity contribution in [3.8, 4) is 0 Å². The van der Waals surface area contributed by atoms with Crippen LogP contribution in [0.1, 0.15) is 11.3 Å². The number of anilines is 1. The summed E-state index contributed by atoms with van der Waals surface area (Å²) in [6.45, 7) is 0. The van der Waals surface area contributed by atoms with E-state index in [9.17, 15) is 4.79 Å². The van der Waals surface area contributed by atoms with Gasteiger partial charge in [0.15, 0.2) is 0 Å². The second-order valence-electron chi connectivity index (χ2n) is 3.39. The molecule has 0 radical (unpaired) electrons. The molecule has 0 atom stereocenters. The molecule has 0 saturated carbocycles. The monoisotopic (exact) mass is 204 g/mol. The zero-order valence-corrected chi connectivity index (χ0v) is 8.19. The first-order valence-corrected chi connectivity index (χ1v) is 4.75. The van der Waals surface area contributed by atoms with Gasteiger partial charge in [0.05, 0.1) is 6.26 Å². The molecule has 4 heteroatoms. The zero-order chi connectivity index (χ0) is 10.7. The third kappa shape index (κ3) is 2.49. The van der Waals surface area contributed by atoms with Crippen molar-refractivity contribution < 1.29 is 4.42 Å². The van der Waals surface area contributed by atoms with Crippen LogP contribution >= 0.6 is 0 Å². The van der Waals surface area contributed by atoms with Crippen molar-refractivity contribution in [3.63, 3.8) is 0 Å². The molecule has 0 aliphatic rings. The number of nitrogen functional groups attached to an aromatic ring is 1. The largest absolute Gasteiger partial charge is 0.469 e. The fourth-order valence-corrected chi connectivity index (χ4v) is 1.49. The molecule has 2 rings (SSSR count). The summed E-state index contributed by atoms with van der Waals surface area (Å²) in [5, 5.41) is 0. The van der Waals surface area contributed by atoms with Crippen LogP contribution in [0.5, 0.6) is 0 Å². The minimum atomic E-state index is -0.163. The van der Waals surface area contributed by atoms with Gasteiger partial charge in [-0.2, -0.15) is 0 Å². The molecular weight excluding hydrogens is 192 g/mol. The van der Waals surface area contributed by atoms with Gasteiger partial charge in [-0.25, -0.2) is 0 Å². The van der Waals surface area contributed by atoms with Crippen molar-refractivity contribution in [3.05, 3.63) is 52.2 Å². The lowest BCUT2D eigenvalue weighted by molar-refractivity contribution is 0.508. The van der Waals surface area contributed by atoms with Gasteiger partial charge in [0, 0.05) is 12.5 Å². The van der Waals surface area contributed by atoms with E-state index in [2.05, 4.69) is 4.98 Å². The molecule has 3 N–H and O–H groups in total. The molecule has 0 bridgehead atoms. The zero-order valence-electron chi connectivity index (χ0n) is 8.19. The Labute approximate surface area is 86.7 Å². The maximum absolute atomic E-state index is 11.1. The molecule has 2 aromatic rings. The van der Waals surface area contributed by atoms with E-state index >= 15 is 0 Å². The van der Waals surface area contributed by atoms with Crippen molar-refractivity contribution >= 4 is 5.82 Å². The second kappa shape index (κ2) is 4.04. The van der Waals surface area contributed by atoms with Gasteiger partial charge in [-0.3, -0.25) is 4.79 Å². The van der Waals surface area contributed by atoms with Gasteiger partial charge in [-0.1, -0.05) is 0 Å². The fourth-order valence-electron chi connectivity index (χ4n) is 1.49. The number of hydrogen-bond donors (Lipinski definition) is 2. The Morgan fingerprint density at radius 3 is 2.87 bits per heavy atom. The van der Waals surface area contributed by atoms with E-state index in [-0.39, 0.29) is 5.56 Å². The van der Waals surface area contributed by atoms with Gasteiger partial charge in [0.2, 0.25) is 5.56 Å². The smallest absolute Gasteiger partial charge is 0.249 e. The van der Waals surface area contributed by atoms with E-state index in [1.54, 1.807) is 18.4 Å². The van der Waals surface area contributed by atoms with Gasteiger partial charge in [-0.05, 0) is 30.2 Å². The number of hydrogen-bond acceptors (Lipinski definition) is 3. The Balaban J connectivity index is 2.08. The number of aromatic amines is 1. The summed E-state index contributed by atoms with van der Waals surface area (Å²) in [5.74, 6) is 1.31. The van der Waals surface area contributed by atoms with Gasteiger partial charge in [0.25, 0.3) is 0 Å². The van der Waals surface area contributed by atoms with E-state index in [4.69, 9.17) is 10.2 Å². The van der Waals surface area contributed by atoms with Crippen molar-refractivity contribution in [1.29, 1.82) is 0 Å². The van der Waals surface area contributed by atoms with Crippen molar-refractivity contribution in [2.75, 3.05) is 5.73 Å². The lowest BCUT2D eigenvalue weighted by Crippen LogP contribution is -2.09. The summed E-state index contributed by atoms with van der Waals surface area (Å²) in [5.41, 5.74) is 6.29. The molecule has 0 amide bonds. The average molecular weight is 204 g/mol. The Morgan fingerprint density at radius 2 is 2.20 bits per heavy atom. The van der Waals surface area contributed by atoms with Gasteiger partial charge >= 0.3 is 0 Å². The number of furan rings is 1. The minimum absolute atomic E-state index is 0.163. The summed E-state index contributed by atoms with van der Waals surface area (Å²) in [6, 6.07) is 7.08. The van der Waals surface area contributed by atoms with Gasteiger partial charge in [-0.15, -0.1) is 0 Å². The molecule has 0 saturated heterocycles. The van der Waals surface area contributed by atoms with E-state index < -0.39 is 0 Å². The summed E-state index contributed by atoms with van der Waals surface area (Å²) in [4.78, 5) is 13.6. The van der Waals surface area contributed by atoms with Crippen LogP contribution in [-0.2, 0) is 12.8 Å². The summed E-state index contributed by atoms with van der Waals surface area (Å²) in [7, 11) is 0. The van der Waals surface area contributed by atoms with Crippen LogP contribution < -0.4 is 11.3 Å². The van der Waals surface area contributed by atoms with E-state index in [1.165, 1.54) is 0 Å². The summed E-state index contributed by atoms with van der Waals surface area (Å²) >= 11 is 0. The molecule has 0 aromatic carbocycles. The minimum Gasteiger partial charge on any atom is -0.469 e. The van der Waals surface area contributed by atoms with Crippen LogP contribution in [0.2, 0.25) is 0 Å². The maximum Gasteiger partial charge on any atom is 0.249 e. The Hall–Kier alpha value is -1.97. The molecular formula is C11H12N2O2. The second-order valence-corrected chi connectivity index (χ2v) is 3.39. The molecule has 2 aromatic heterocycles. The first-order valence-electron chi connectivity index (χ1n) is 4.75. The Kier molecular flexibility index (Phi) is 2.58. The first-order chi connectivity index (χ1) is 7.24. The average Bonchev–Trinajstić information content (AvgIpc) is 2.65. The normalized spacial score (nSPS) is 10.4. The van der Waals surface area contributed by atoms with E-state index in [1.807, 2.05) is 12.1 Å². The lowest BCUT2D eigenvalue weighted by Gasteiger charge is -2.00. The standard InChI is InChI=1S/C11H12N2O2/c12-10-6-8(7-11(14)13-10)3-4-9-2-1-5-15-9/h1-2,5-7H,3-4H2,(H3,12,13,14). The highest BCUT2D eigenvalue weighted by Crippen LogP contribution is 2.07. The van der Waals surface area contributed by atoms with Crippen molar-refractivity contribution in [2.24, 2.45) is 0 Å². The predicted octanol–water partition coefficient (Wildman–Crippen LogP) is 1.34. The number of pyridine rings is 1. The van der Waals surface area contributed by atoms with Gasteiger partial charge < -0.3 is 15.1 Å². The topological polar surface area (TPSA) is 72.0 Å². The molecule has 15 heavy (non-hydrogen) atoms. The third-order valence-electron chi connectivity index (χ3n) is 2.17. The van der Waals surface area contributed by atoms with Crippen molar-refractivity contribution in [2.45, 2.75) is 12.8 Å². The first kappa shape index (κ1) is 9.58. The van der Waals surface area contributed by atoms with E-state index in [0.717, 1.165) is 24.2 Å². The Morgan fingerprint density at radius 1 is 1.33 bits per heavy atom. The predicted molar refractivity (Wildman–Crippen MR) is 57.6 cm³/mol. The maximum atomic E-state index is 11.1. The number of nitrogens with one attached hydrogen (secondary N) is 1. The van der Waals surface area contributed by atoms with Crippen LogP contribution in [0.25, 0.3) is 0 Å². The van der Waals surface area contributed by atoms with Gasteiger partial charge in [0.1, 0.15) is 11.6 Å². The third-order valence-corrected chi connectivity index (χ3v) is 2.17. The number of nitrogens with two attached hydrogens (primary N) is 1. The number of aryl methyl sites for hydroxylation is 2. The number of aromatic nitrogens is 1.